The summed E-state index contributed by atoms with van der Waals surface area (Å²) in [6.07, 6.45) is 5.53. The number of hydrogen-bond acceptors (Lipinski definition) is 2. The average molecular weight is 268 g/mol. The number of carbonyl (C=O) groups is 2. The molecule has 1 aliphatic heterocycles. The van der Waals surface area contributed by atoms with Crippen molar-refractivity contribution in [1.29, 1.82) is 0 Å². The van der Waals surface area contributed by atoms with Crippen LogP contribution >= 0.6 is 0 Å². The van der Waals surface area contributed by atoms with Crippen LogP contribution in [0, 0.1) is 5.92 Å². The molecule has 19 heavy (non-hydrogen) atoms. The second-order valence-electron chi connectivity index (χ2n) is 6.09. The maximum atomic E-state index is 12.3. The van der Waals surface area contributed by atoms with Gasteiger partial charge in [0.15, 0.2) is 0 Å². The lowest BCUT2D eigenvalue weighted by molar-refractivity contribution is -0.144. The van der Waals surface area contributed by atoms with Crippen LogP contribution in [0.3, 0.4) is 0 Å². The summed E-state index contributed by atoms with van der Waals surface area (Å²) in [4.78, 5) is 25.2. The van der Waals surface area contributed by atoms with E-state index >= 15 is 0 Å². The number of carbonyl (C=O) groups excluding carboxylic acids is 1. The third-order valence-corrected chi connectivity index (χ3v) is 4.77. The first-order chi connectivity index (χ1) is 8.97. The lowest BCUT2D eigenvalue weighted by Gasteiger charge is -2.45. The Balaban J connectivity index is 2.02. The number of piperidine rings is 1. The molecule has 2 amide bonds. The number of carboxylic acids is 1. The van der Waals surface area contributed by atoms with E-state index < -0.39 is 12.0 Å². The highest BCUT2D eigenvalue weighted by atomic mass is 16.4. The molecule has 108 valence electrons. The van der Waals surface area contributed by atoms with Crippen molar-refractivity contribution in [3.8, 4) is 0 Å². The van der Waals surface area contributed by atoms with Gasteiger partial charge in [-0.15, -0.1) is 0 Å². The number of rotatable bonds is 3. The minimum absolute atomic E-state index is 0.0802. The number of nitrogens with one attached hydrogen (secondary N) is 1. The number of likely N-dealkylation sites (tertiary alicyclic amines) is 1. The van der Waals surface area contributed by atoms with E-state index in [1.54, 1.807) is 0 Å². The zero-order valence-corrected chi connectivity index (χ0v) is 11.8. The van der Waals surface area contributed by atoms with Gasteiger partial charge < -0.3 is 15.3 Å². The minimum Gasteiger partial charge on any atom is -0.480 e. The van der Waals surface area contributed by atoms with Crippen LogP contribution in [0.2, 0.25) is 0 Å². The molecule has 2 atom stereocenters. The Kier molecular flexibility index (Phi) is 4.02. The van der Waals surface area contributed by atoms with E-state index in [-0.39, 0.29) is 11.6 Å². The summed E-state index contributed by atoms with van der Waals surface area (Å²) >= 11 is 0. The van der Waals surface area contributed by atoms with Gasteiger partial charge in [0.2, 0.25) is 0 Å². The van der Waals surface area contributed by atoms with Crippen molar-refractivity contribution in [3.63, 3.8) is 0 Å². The van der Waals surface area contributed by atoms with Gasteiger partial charge in [-0.3, -0.25) is 0 Å². The molecule has 1 saturated heterocycles. The SMILES string of the molecule is CCC1(NC(=O)N2CCC(C)CC2C(=O)O)CCC1. The molecule has 0 radical (unpaired) electrons. The fourth-order valence-electron chi connectivity index (χ4n) is 3.09. The lowest BCUT2D eigenvalue weighted by Crippen LogP contribution is -2.60. The predicted octanol–water partition coefficient (Wildman–Crippen LogP) is 2.21. The van der Waals surface area contributed by atoms with Crippen molar-refractivity contribution < 1.29 is 14.7 Å². The summed E-state index contributed by atoms with van der Waals surface area (Å²) in [5.74, 6) is -0.519. The van der Waals surface area contributed by atoms with Crippen molar-refractivity contribution in [2.24, 2.45) is 5.92 Å². The molecule has 0 aromatic rings. The molecule has 5 nitrogen and oxygen atoms in total. The largest absolute Gasteiger partial charge is 0.480 e. The molecular formula is C14H24N2O3. The first-order valence-corrected chi connectivity index (χ1v) is 7.29. The van der Waals surface area contributed by atoms with Crippen LogP contribution in [0.15, 0.2) is 0 Å². The Bertz CT molecular complexity index is 360. The normalized spacial score (nSPS) is 29.5. The molecule has 0 aromatic heterocycles. The van der Waals surface area contributed by atoms with Gasteiger partial charge in [0.05, 0.1) is 0 Å². The minimum atomic E-state index is -0.888. The molecule has 2 rings (SSSR count). The second kappa shape index (κ2) is 5.39. The number of carboxylic acid groups (broad SMARTS) is 1. The number of amides is 2. The Hall–Kier alpha value is -1.26. The summed E-state index contributed by atoms with van der Waals surface area (Å²) < 4.78 is 0. The fourth-order valence-corrected chi connectivity index (χ4v) is 3.09. The van der Waals surface area contributed by atoms with Crippen LogP contribution in [0.25, 0.3) is 0 Å². The van der Waals surface area contributed by atoms with Crippen molar-refractivity contribution in [2.45, 2.75) is 64.0 Å². The van der Waals surface area contributed by atoms with Crippen molar-refractivity contribution in [3.05, 3.63) is 0 Å². The zero-order chi connectivity index (χ0) is 14.0. The first-order valence-electron chi connectivity index (χ1n) is 7.29. The molecule has 5 heteroatoms. The van der Waals surface area contributed by atoms with Crippen molar-refractivity contribution in [2.75, 3.05) is 6.54 Å². The predicted molar refractivity (Wildman–Crippen MR) is 71.9 cm³/mol. The molecular weight excluding hydrogens is 244 g/mol. The van der Waals surface area contributed by atoms with E-state index in [0.717, 1.165) is 32.1 Å². The number of urea groups is 1. The number of aliphatic carboxylic acids is 1. The molecule has 0 bridgehead atoms. The van der Waals surface area contributed by atoms with E-state index in [4.69, 9.17) is 0 Å². The molecule has 0 aromatic carbocycles. The second-order valence-corrected chi connectivity index (χ2v) is 6.09. The maximum absolute atomic E-state index is 12.3. The van der Waals surface area contributed by atoms with Crippen molar-refractivity contribution >= 4 is 12.0 Å². The summed E-state index contributed by atoms with van der Waals surface area (Å²) in [5, 5.41) is 12.4. The number of nitrogens with zero attached hydrogens (tertiary/aromatic N) is 1. The van der Waals surface area contributed by atoms with Gasteiger partial charge in [0, 0.05) is 12.1 Å². The van der Waals surface area contributed by atoms with Gasteiger partial charge in [-0.2, -0.15) is 0 Å². The zero-order valence-electron chi connectivity index (χ0n) is 11.8. The van der Waals surface area contributed by atoms with E-state index in [9.17, 15) is 14.7 Å². The van der Waals surface area contributed by atoms with Crippen LogP contribution in [-0.4, -0.2) is 40.1 Å². The summed E-state index contributed by atoms with van der Waals surface area (Å²) in [6.45, 7) is 4.67. The third-order valence-electron chi connectivity index (χ3n) is 4.77. The molecule has 1 aliphatic carbocycles. The molecule has 2 aliphatic rings. The maximum Gasteiger partial charge on any atom is 0.326 e. The Morgan fingerprint density at radius 2 is 2.11 bits per heavy atom. The molecule has 1 heterocycles. The molecule has 2 N–H and O–H groups in total. The Labute approximate surface area is 114 Å². The average Bonchev–Trinajstić information content (AvgIpc) is 2.33. The third kappa shape index (κ3) is 2.85. The standard InChI is InChI=1S/C14H24N2O3/c1-3-14(6-4-7-14)15-13(19)16-8-5-10(2)9-11(16)12(17)18/h10-11H,3-9H2,1-2H3,(H,15,19)(H,17,18). The van der Waals surface area contributed by atoms with Gasteiger partial charge in [0.25, 0.3) is 0 Å². The summed E-state index contributed by atoms with van der Waals surface area (Å²) in [5.41, 5.74) is -0.0802. The molecule has 2 fully saturated rings. The molecule has 2 unspecified atom stereocenters. The highest BCUT2D eigenvalue weighted by Crippen LogP contribution is 2.35. The van der Waals surface area contributed by atoms with E-state index in [1.807, 2.05) is 6.92 Å². The summed E-state index contributed by atoms with van der Waals surface area (Å²) in [7, 11) is 0. The van der Waals surface area contributed by atoms with Gasteiger partial charge >= 0.3 is 12.0 Å². The topological polar surface area (TPSA) is 69.6 Å². The molecule has 0 spiro atoms. The quantitative estimate of drug-likeness (QED) is 0.824. The Morgan fingerprint density at radius 3 is 2.58 bits per heavy atom. The van der Waals surface area contributed by atoms with Gasteiger partial charge in [-0.05, 0) is 44.4 Å². The fraction of sp³-hybridized carbons (Fsp3) is 0.857. The highest BCUT2D eigenvalue weighted by Gasteiger charge is 2.41. The van der Waals surface area contributed by atoms with Gasteiger partial charge in [-0.1, -0.05) is 13.8 Å². The van der Waals surface area contributed by atoms with Crippen LogP contribution in [0.1, 0.15) is 52.4 Å². The van der Waals surface area contributed by atoms with Gasteiger partial charge in [-0.25, -0.2) is 9.59 Å². The summed E-state index contributed by atoms with van der Waals surface area (Å²) in [6, 6.07) is -0.862. The first kappa shape index (κ1) is 14.2. The van der Waals surface area contributed by atoms with Crippen LogP contribution < -0.4 is 5.32 Å². The highest BCUT2D eigenvalue weighted by molar-refractivity contribution is 5.83. The van der Waals surface area contributed by atoms with Crippen molar-refractivity contribution in [1.82, 2.24) is 10.2 Å². The van der Waals surface area contributed by atoms with E-state index in [0.29, 0.717) is 18.9 Å². The van der Waals surface area contributed by atoms with E-state index in [2.05, 4.69) is 12.2 Å². The lowest BCUT2D eigenvalue weighted by atomic mass is 9.75. The smallest absolute Gasteiger partial charge is 0.326 e. The monoisotopic (exact) mass is 268 g/mol. The van der Waals surface area contributed by atoms with Crippen LogP contribution in [0.5, 0.6) is 0 Å². The number of hydrogen-bond donors (Lipinski definition) is 2. The van der Waals surface area contributed by atoms with E-state index in [1.165, 1.54) is 4.90 Å². The van der Waals surface area contributed by atoms with Gasteiger partial charge in [0.1, 0.15) is 6.04 Å². The molecule has 1 saturated carbocycles. The van der Waals surface area contributed by atoms with Crippen LogP contribution in [-0.2, 0) is 4.79 Å². The van der Waals surface area contributed by atoms with Crippen LogP contribution in [0.4, 0.5) is 4.79 Å². The Morgan fingerprint density at radius 1 is 1.42 bits per heavy atom.